The second-order valence-electron chi connectivity index (χ2n) is 4.21. The van der Waals surface area contributed by atoms with E-state index < -0.39 is 0 Å². The number of hydrogen-bond acceptors (Lipinski definition) is 2. The highest BCUT2D eigenvalue weighted by Crippen LogP contribution is 2.20. The maximum atomic E-state index is 11.9. The van der Waals surface area contributed by atoms with Crippen molar-refractivity contribution in [1.29, 1.82) is 0 Å². The van der Waals surface area contributed by atoms with Gasteiger partial charge in [-0.2, -0.15) is 0 Å². The molecule has 0 atom stereocenters. The smallest absolute Gasteiger partial charge is 0.307 e. The van der Waals surface area contributed by atoms with Crippen LogP contribution in [-0.2, 0) is 0 Å². The predicted octanol–water partition coefficient (Wildman–Crippen LogP) is 4.00. The first-order valence-corrected chi connectivity index (χ1v) is 6.20. The minimum atomic E-state index is -0.341. The molecule has 0 aliphatic rings. The molecular weight excluding hydrogens is 262 g/mol. The summed E-state index contributed by atoms with van der Waals surface area (Å²) in [7, 11) is 0. The summed E-state index contributed by atoms with van der Waals surface area (Å²) >= 11 is 5.90. The van der Waals surface area contributed by atoms with Crippen LogP contribution < -0.4 is 10.6 Å². The fraction of sp³-hybridized carbons (Fsp3) is 0.143. The Kier molecular flexibility index (Phi) is 4.02. The molecule has 2 rings (SSSR count). The SMILES string of the molecule is Cc1ccc(Cl)cc1NC(=O)Nc1ncccc1C. The van der Waals surface area contributed by atoms with Crippen molar-refractivity contribution in [3.63, 3.8) is 0 Å². The Balaban J connectivity index is 2.10. The van der Waals surface area contributed by atoms with Gasteiger partial charge in [0.15, 0.2) is 0 Å². The number of pyridine rings is 1. The fourth-order valence-electron chi connectivity index (χ4n) is 1.61. The summed E-state index contributed by atoms with van der Waals surface area (Å²) in [5.74, 6) is 0.541. The Morgan fingerprint density at radius 2 is 1.95 bits per heavy atom. The molecular formula is C14H14ClN3O. The minimum absolute atomic E-state index is 0.341. The molecule has 0 bridgehead atoms. The Bertz CT molecular complexity index is 613. The predicted molar refractivity (Wildman–Crippen MR) is 77.8 cm³/mol. The molecule has 0 saturated carbocycles. The summed E-state index contributed by atoms with van der Waals surface area (Å²) in [6.07, 6.45) is 1.63. The molecule has 2 N–H and O–H groups in total. The number of rotatable bonds is 2. The van der Waals surface area contributed by atoms with Crippen molar-refractivity contribution in [2.75, 3.05) is 10.6 Å². The highest BCUT2D eigenvalue weighted by molar-refractivity contribution is 6.31. The molecule has 0 radical (unpaired) electrons. The fourth-order valence-corrected chi connectivity index (χ4v) is 1.78. The molecule has 0 aliphatic carbocycles. The molecule has 98 valence electrons. The molecule has 0 aliphatic heterocycles. The second kappa shape index (κ2) is 5.71. The summed E-state index contributed by atoms with van der Waals surface area (Å²) < 4.78 is 0. The number of carbonyl (C=O) groups excluding carboxylic acids is 1. The summed E-state index contributed by atoms with van der Waals surface area (Å²) in [4.78, 5) is 16.0. The number of anilines is 2. The molecule has 5 heteroatoms. The number of nitrogens with one attached hydrogen (secondary N) is 2. The van der Waals surface area contributed by atoms with Gasteiger partial charge in [0.1, 0.15) is 5.82 Å². The molecule has 4 nitrogen and oxygen atoms in total. The zero-order valence-corrected chi connectivity index (χ0v) is 11.5. The van der Waals surface area contributed by atoms with Crippen LogP contribution in [0.4, 0.5) is 16.3 Å². The monoisotopic (exact) mass is 275 g/mol. The van der Waals surface area contributed by atoms with E-state index in [9.17, 15) is 4.79 Å². The number of carbonyl (C=O) groups is 1. The molecule has 2 aromatic rings. The lowest BCUT2D eigenvalue weighted by Gasteiger charge is -2.10. The lowest BCUT2D eigenvalue weighted by molar-refractivity contribution is 0.262. The van der Waals surface area contributed by atoms with Gasteiger partial charge in [-0.05, 0) is 43.2 Å². The van der Waals surface area contributed by atoms with E-state index in [1.165, 1.54) is 0 Å². The quantitative estimate of drug-likeness (QED) is 0.870. The largest absolute Gasteiger partial charge is 0.324 e. The van der Waals surface area contributed by atoms with E-state index in [1.54, 1.807) is 18.3 Å². The van der Waals surface area contributed by atoms with Crippen molar-refractivity contribution in [3.8, 4) is 0 Å². The Morgan fingerprint density at radius 3 is 2.68 bits per heavy atom. The summed E-state index contributed by atoms with van der Waals surface area (Å²) in [6.45, 7) is 3.78. The minimum Gasteiger partial charge on any atom is -0.307 e. The lowest BCUT2D eigenvalue weighted by Crippen LogP contribution is -2.21. The standard InChI is InChI=1S/C14H14ClN3O/c1-9-5-6-11(15)8-12(9)17-14(19)18-13-10(2)4-3-7-16-13/h3-8H,1-2H3,(H2,16,17,18,19). The van der Waals surface area contributed by atoms with Crippen LogP contribution >= 0.6 is 11.6 Å². The van der Waals surface area contributed by atoms with Crippen molar-refractivity contribution in [2.24, 2.45) is 0 Å². The number of hydrogen-bond donors (Lipinski definition) is 2. The summed E-state index contributed by atoms with van der Waals surface area (Å²) in [5.41, 5.74) is 2.52. The van der Waals surface area contributed by atoms with E-state index in [1.807, 2.05) is 32.0 Å². The van der Waals surface area contributed by atoms with Crippen LogP contribution in [0.1, 0.15) is 11.1 Å². The van der Waals surface area contributed by atoms with Crippen LogP contribution in [0.2, 0.25) is 5.02 Å². The Labute approximate surface area is 116 Å². The molecule has 0 unspecified atom stereocenters. The maximum absolute atomic E-state index is 11.9. The van der Waals surface area contributed by atoms with Gasteiger partial charge in [-0.25, -0.2) is 9.78 Å². The van der Waals surface area contributed by atoms with Gasteiger partial charge in [-0.3, -0.25) is 5.32 Å². The number of urea groups is 1. The topological polar surface area (TPSA) is 54.0 Å². The summed E-state index contributed by atoms with van der Waals surface area (Å²) in [6, 6.07) is 8.70. The van der Waals surface area contributed by atoms with Gasteiger partial charge in [-0.1, -0.05) is 23.7 Å². The number of nitrogens with zero attached hydrogens (tertiary/aromatic N) is 1. The van der Waals surface area contributed by atoms with E-state index >= 15 is 0 Å². The third kappa shape index (κ3) is 3.45. The van der Waals surface area contributed by atoms with E-state index in [0.29, 0.717) is 16.5 Å². The first kappa shape index (κ1) is 13.4. The maximum Gasteiger partial charge on any atom is 0.324 e. The zero-order valence-electron chi connectivity index (χ0n) is 10.7. The molecule has 19 heavy (non-hydrogen) atoms. The molecule has 1 heterocycles. The Morgan fingerprint density at radius 1 is 1.16 bits per heavy atom. The van der Waals surface area contributed by atoms with Gasteiger partial charge in [0, 0.05) is 16.9 Å². The van der Waals surface area contributed by atoms with E-state index in [0.717, 1.165) is 11.1 Å². The number of aromatic nitrogens is 1. The highest BCUT2D eigenvalue weighted by atomic mass is 35.5. The van der Waals surface area contributed by atoms with Gasteiger partial charge in [0.05, 0.1) is 0 Å². The first-order chi connectivity index (χ1) is 9.06. The van der Waals surface area contributed by atoms with Crippen molar-refractivity contribution >= 4 is 29.1 Å². The van der Waals surface area contributed by atoms with Crippen molar-refractivity contribution in [1.82, 2.24) is 4.98 Å². The highest BCUT2D eigenvalue weighted by Gasteiger charge is 2.07. The van der Waals surface area contributed by atoms with Crippen molar-refractivity contribution < 1.29 is 4.79 Å². The van der Waals surface area contributed by atoms with Crippen LogP contribution in [0, 0.1) is 13.8 Å². The average molecular weight is 276 g/mol. The summed E-state index contributed by atoms with van der Waals surface area (Å²) in [5, 5.41) is 6.03. The van der Waals surface area contributed by atoms with E-state index in [4.69, 9.17) is 11.6 Å². The van der Waals surface area contributed by atoms with Gasteiger partial charge >= 0.3 is 6.03 Å². The third-order valence-corrected chi connectivity index (χ3v) is 2.92. The van der Waals surface area contributed by atoms with Crippen LogP contribution in [0.5, 0.6) is 0 Å². The lowest BCUT2D eigenvalue weighted by atomic mass is 10.2. The van der Waals surface area contributed by atoms with Crippen LogP contribution in [0.15, 0.2) is 36.5 Å². The van der Waals surface area contributed by atoms with Gasteiger partial charge in [-0.15, -0.1) is 0 Å². The third-order valence-electron chi connectivity index (χ3n) is 2.69. The molecule has 0 saturated heterocycles. The van der Waals surface area contributed by atoms with Crippen molar-refractivity contribution in [3.05, 3.63) is 52.7 Å². The van der Waals surface area contributed by atoms with Gasteiger partial charge in [0.2, 0.25) is 0 Å². The molecule has 1 aromatic carbocycles. The molecule has 1 aromatic heterocycles. The van der Waals surface area contributed by atoms with Crippen LogP contribution in [-0.4, -0.2) is 11.0 Å². The number of amides is 2. The van der Waals surface area contributed by atoms with Crippen LogP contribution in [0.25, 0.3) is 0 Å². The normalized spacial score (nSPS) is 10.1. The number of halogens is 1. The Hall–Kier alpha value is -2.07. The second-order valence-corrected chi connectivity index (χ2v) is 4.64. The first-order valence-electron chi connectivity index (χ1n) is 5.82. The number of benzene rings is 1. The van der Waals surface area contributed by atoms with E-state index in [-0.39, 0.29) is 6.03 Å². The molecule has 2 amide bonds. The zero-order chi connectivity index (χ0) is 13.8. The van der Waals surface area contributed by atoms with Gasteiger partial charge < -0.3 is 5.32 Å². The molecule has 0 fully saturated rings. The average Bonchev–Trinajstić information content (AvgIpc) is 2.37. The van der Waals surface area contributed by atoms with E-state index in [2.05, 4.69) is 15.6 Å². The molecule has 0 spiro atoms. The van der Waals surface area contributed by atoms with Crippen molar-refractivity contribution in [2.45, 2.75) is 13.8 Å². The number of aryl methyl sites for hydroxylation is 2. The van der Waals surface area contributed by atoms with Gasteiger partial charge in [0.25, 0.3) is 0 Å². The van der Waals surface area contributed by atoms with Crippen LogP contribution in [0.3, 0.4) is 0 Å².